The molecule has 0 fully saturated rings. The molecule has 1 heterocycles. The molecule has 0 saturated carbocycles. The van der Waals surface area contributed by atoms with Crippen molar-refractivity contribution in [2.75, 3.05) is 23.5 Å². The number of aromatic nitrogens is 2. The number of thioether (sulfide) groups is 1. The first-order valence-electron chi connectivity index (χ1n) is 8.02. The van der Waals surface area contributed by atoms with Gasteiger partial charge in [-0.15, -0.1) is 10.2 Å². The summed E-state index contributed by atoms with van der Waals surface area (Å²) in [6, 6.07) is 12.7. The van der Waals surface area contributed by atoms with Crippen molar-refractivity contribution in [2.24, 2.45) is 0 Å². The van der Waals surface area contributed by atoms with E-state index >= 15 is 0 Å². The van der Waals surface area contributed by atoms with Crippen molar-refractivity contribution >= 4 is 45.7 Å². The zero-order chi connectivity index (χ0) is 19.9. The number of hydrogen-bond acceptors (Lipinski definition) is 7. The molecule has 0 aliphatic rings. The predicted molar refractivity (Wildman–Crippen MR) is 107 cm³/mol. The third-order valence-electron chi connectivity index (χ3n) is 3.45. The molecule has 28 heavy (non-hydrogen) atoms. The number of carbonyl (C=O) groups excluding carboxylic acids is 2. The number of carbonyl (C=O) groups is 2. The molecule has 0 unspecified atom stereocenters. The molecule has 2 aromatic carbocycles. The Morgan fingerprint density at radius 1 is 1.11 bits per heavy atom. The van der Waals surface area contributed by atoms with Crippen molar-refractivity contribution < 1.29 is 18.7 Å². The van der Waals surface area contributed by atoms with Crippen molar-refractivity contribution in [3.05, 3.63) is 59.9 Å². The maximum absolute atomic E-state index is 13.6. The van der Waals surface area contributed by atoms with Gasteiger partial charge in [0.1, 0.15) is 11.6 Å². The smallest absolute Gasteiger partial charge is 0.260 e. The van der Waals surface area contributed by atoms with Gasteiger partial charge in [0.25, 0.3) is 5.91 Å². The summed E-state index contributed by atoms with van der Waals surface area (Å²) >= 11 is 2.27. The molecular formula is C18H15FN4O3S2. The van der Waals surface area contributed by atoms with Crippen LogP contribution in [0.15, 0.2) is 52.9 Å². The quantitative estimate of drug-likeness (QED) is 0.449. The number of hydrogen-bond donors (Lipinski definition) is 2. The van der Waals surface area contributed by atoms with E-state index in [1.807, 2.05) is 6.07 Å². The molecule has 1 aromatic heterocycles. The van der Waals surface area contributed by atoms with Crippen LogP contribution >= 0.6 is 23.1 Å². The monoisotopic (exact) mass is 418 g/mol. The van der Waals surface area contributed by atoms with Gasteiger partial charge in [0.15, 0.2) is 4.34 Å². The lowest BCUT2D eigenvalue weighted by atomic mass is 10.2. The lowest BCUT2D eigenvalue weighted by Gasteiger charge is -2.08. The summed E-state index contributed by atoms with van der Waals surface area (Å²) < 4.78 is 19.3. The largest absolute Gasteiger partial charge is 0.495 e. The van der Waals surface area contributed by atoms with Gasteiger partial charge in [0.2, 0.25) is 11.0 Å². The third-order valence-corrected chi connectivity index (χ3v) is 5.43. The Balaban J connectivity index is 1.54. The first kappa shape index (κ1) is 19.8. The van der Waals surface area contributed by atoms with Crippen LogP contribution in [-0.2, 0) is 4.79 Å². The van der Waals surface area contributed by atoms with E-state index in [2.05, 4.69) is 20.8 Å². The molecule has 7 nitrogen and oxygen atoms in total. The van der Waals surface area contributed by atoms with Crippen molar-refractivity contribution in [1.82, 2.24) is 10.2 Å². The summed E-state index contributed by atoms with van der Waals surface area (Å²) in [6.45, 7) is 0. The molecule has 0 aliphatic carbocycles. The number of rotatable bonds is 7. The van der Waals surface area contributed by atoms with Gasteiger partial charge in [-0.05, 0) is 24.3 Å². The number of para-hydroxylation sites is 2. The topological polar surface area (TPSA) is 93.2 Å². The Kier molecular flexibility index (Phi) is 6.56. The van der Waals surface area contributed by atoms with Gasteiger partial charge in [0.05, 0.1) is 24.1 Å². The molecule has 0 radical (unpaired) electrons. The molecular weight excluding hydrogens is 403 g/mol. The van der Waals surface area contributed by atoms with E-state index in [0.29, 0.717) is 15.8 Å². The Morgan fingerprint density at radius 2 is 1.86 bits per heavy atom. The fourth-order valence-electron chi connectivity index (χ4n) is 2.19. The Labute approximate surface area is 168 Å². The second kappa shape index (κ2) is 9.29. The third kappa shape index (κ3) is 5.05. The molecule has 0 bridgehead atoms. The highest BCUT2D eigenvalue weighted by Crippen LogP contribution is 2.27. The molecule has 3 aromatic rings. The lowest BCUT2D eigenvalue weighted by Crippen LogP contribution is -2.14. The predicted octanol–water partition coefficient (Wildman–Crippen LogP) is 3.67. The highest BCUT2D eigenvalue weighted by molar-refractivity contribution is 8.01. The van der Waals surface area contributed by atoms with Gasteiger partial charge in [-0.3, -0.25) is 14.9 Å². The number of ether oxygens (including phenoxy) is 1. The van der Waals surface area contributed by atoms with Crippen molar-refractivity contribution in [1.29, 1.82) is 0 Å². The fourth-order valence-corrected chi connectivity index (χ4v) is 3.74. The van der Waals surface area contributed by atoms with Crippen LogP contribution in [0.4, 0.5) is 15.2 Å². The SMILES string of the molecule is COc1ccccc1NC(=O)CSc1nnc(NC(=O)c2ccccc2F)s1. The van der Waals surface area contributed by atoms with E-state index < -0.39 is 11.7 Å². The Bertz CT molecular complexity index is 996. The van der Waals surface area contributed by atoms with Gasteiger partial charge >= 0.3 is 0 Å². The molecule has 0 atom stereocenters. The van der Waals surface area contributed by atoms with E-state index in [9.17, 15) is 14.0 Å². The highest BCUT2D eigenvalue weighted by Gasteiger charge is 2.15. The number of methoxy groups -OCH3 is 1. The van der Waals surface area contributed by atoms with Gasteiger partial charge in [-0.2, -0.15) is 0 Å². The number of halogens is 1. The number of nitrogens with zero attached hydrogens (tertiary/aromatic N) is 2. The minimum absolute atomic E-state index is 0.0805. The van der Waals surface area contributed by atoms with E-state index in [1.54, 1.807) is 24.3 Å². The van der Waals surface area contributed by atoms with E-state index in [4.69, 9.17) is 4.74 Å². The average Bonchev–Trinajstić information content (AvgIpc) is 3.14. The van der Waals surface area contributed by atoms with Gasteiger partial charge in [0, 0.05) is 0 Å². The van der Waals surface area contributed by atoms with Crippen LogP contribution in [0.5, 0.6) is 5.75 Å². The minimum atomic E-state index is -0.618. The van der Waals surface area contributed by atoms with E-state index in [0.717, 1.165) is 11.3 Å². The molecule has 144 valence electrons. The molecule has 3 rings (SSSR count). The second-order valence-electron chi connectivity index (χ2n) is 5.34. The Hall–Kier alpha value is -2.98. The summed E-state index contributed by atoms with van der Waals surface area (Å²) in [5, 5.41) is 13.2. The zero-order valence-electron chi connectivity index (χ0n) is 14.6. The van der Waals surface area contributed by atoms with Crippen molar-refractivity contribution in [2.45, 2.75) is 4.34 Å². The standard InChI is InChI=1S/C18H15FN4O3S2/c1-26-14-9-5-4-8-13(14)20-15(24)10-27-18-23-22-17(28-18)21-16(25)11-6-2-3-7-12(11)19/h2-9H,10H2,1H3,(H,20,24)(H,21,22,25). The number of anilines is 2. The molecule has 2 amide bonds. The summed E-state index contributed by atoms with van der Waals surface area (Å²) in [5.41, 5.74) is 0.494. The minimum Gasteiger partial charge on any atom is -0.495 e. The first-order chi connectivity index (χ1) is 13.6. The van der Waals surface area contributed by atoms with Gasteiger partial charge in [-0.25, -0.2) is 4.39 Å². The summed E-state index contributed by atoms with van der Waals surface area (Å²) in [4.78, 5) is 24.2. The van der Waals surface area contributed by atoms with Crippen LogP contribution in [0.25, 0.3) is 0 Å². The molecule has 0 spiro atoms. The summed E-state index contributed by atoms with van der Waals surface area (Å²) in [6.07, 6.45) is 0. The van der Waals surface area contributed by atoms with Crippen LogP contribution < -0.4 is 15.4 Å². The van der Waals surface area contributed by atoms with Crippen LogP contribution in [0.2, 0.25) is 0 Å². The summed E-state index contributed by atoms with van der Waals surface area (Å²) in [7, 11) is 1.53. The number of amides is 2. The second-order valence-corrected chi connectivity index (χ2v) is 7.54. The maximum atomic E-state index is 13.6. The fraction of sp³-hybridized carbons (Fsp3) is 0.111. The number of nitrogens with one attached hydrogen (secondary N) is 2. The zero-order valence-corrected chi connectivity index (χ0v) is 16.3. The lowest BCUT2D eigenvalue weighted by molar-refractivity contribution is -0.113. The van der Waals surface area contributed by atoms with Crippen LogP contribution in [0.3, 0.4) is 0 Å². The van der Waals surface area contributed by atoms with Gasteiger partial charge < -0.3 is 10.1 Å². The molecule has 2 N–H and O–H groups in total. The Morgan fingerprint density at radius 3 is 2.64 bits per heavy atom. The normalized spacial score (nSPS) is 10.4. The van der Waals surface area contributed by atoms with Crippen LogP contribution in [0, 0.1) is 5.82 Å². The average molecular weight is 418 g/mol. The highest BCUT2D eigenvalue weighted by atomic mass is 32.2. The molecule has 10 heteroatoms. The number of benzene rings is 2. The first-order valence-corrected chi connectivity index (χ1v) is 9.82. The molecule has 0 saturated heterocycles. The van der Waals surface area contributed by atoms with E-state index in [-0.39, 0.29) is 22.4 Å². The van der Waals surface area contributed by atoms with Crippen molar-refractivity contribution in [3.8, 4) is 5.75 Å². The van der Waals surface area contributed by atoms with E-state index in [1.165, 1.54) is 37.1 Å². The maximum Gasteiger partial charge on any atom is 0.260 e. The van der Waals surface area contributed by atoms with Crippen LogP contribution in [-0.4, -0.2) is 34.9 Å². The molecule has 0 aliphatic heterocycles. The van der Waals surface area contributed by atoms with Crippen molar-refractivity contribution in [3.63, 3.8) is 0 Å². The van der Waals surface area contributed by atoms with Crippen LogP contribution in [0.1, 0.15) is 10.4 Å². The summed E-state index contributed by atoms with van der Waals surface area (Å²) in [5.74, 6) is -0.795. The van der Waals surface area contributed by atoms with Gasteiger partial charge in [-0.1, -0.05) is 47.4 Å².